The van der Waals surface area contributed by atoms with Crippen molar-refractivity contribution in [2.24, 2.45) is 11.8 Å². The van der Waals surface area contributed by atoms with Crippen LogP contribution in [0.25, 0.3) is 11.5 Å². The molecule has 4 rings (SSSR count). The highest BCUT2D eigenvalue weighted by atomic mass is 32.2. The third-order valence-electron chi connectivity index (χ3n) is 5.93. The first-order valence-electron chi connectivity index (χ1n) is 11.7. The van der Waals surface area contributed by atoms with Crippen molar-refractivity contribution >= 4 is 17.7 Å². The number of nitrogens with zero attached hydrogens (tertiary/aromatic N) is 3. The number of nitrogens with one attached hydrogen (secondary N) is 1. The number of methoxy groups -OCH3 is 1. The Hall–Kier alpha value is -2.84. The Morgan fingerprint density at radius 1 is 1.06 bits per heavy atom. The van der Waals surface area contributed by atoms with Gasteiger partial charge >= 0.3 is 0 Å². The molecule has 1 aliphatic rings. The molecule has 1 aliphatic heterocycles. The maximum absolute atomic E-state index is 12.3. The van der Waals surface area contributed by atoms with Gasteiger partial charge in [-0.15, -0.1) is 10.2 Å². The van der Waals surface area contributed by atoms with Crippen molar-refractivity contribution in [2.45, 2.75) is 38.6 Å². The zero-order valence-corrected chi connectivity index (χ0v) is 20.8. The molecule has 2 aromatic carbocycles. The van der Waals surface area contributed by atoms with Gasteiger partial charge in [-0.3, -0.25) is 9.69 Å². The van der Waals surface area contributed by atoms with Gasteiger partial charge in [-0.25, -0.2) is 0 Å². The number of carbonyl (C=O) groups excluding carboxylic acids is 1. The van der Waals surface area contributed by atoms with Crippen LogP contribution in [0, 0.1) is 11.8 Å². The van der Waals surface area contributed by atoms with Gasteiger partial charge in [0.25, 0.3) is 5.22 Å². The monoisotopic (exact) mass is 480 g/mol. The van der Waals surface area contributed by atoms with E-state index in [2.05, 4.69) is 58.5 Å². The van der Waals surface area contributed by atoms with Crippen molar-refractivity contribution in [3.05, 3.63) is 59.7 Å². The first kappa shape index (κ1) is 24.3. The second-order valence-corrected chi connectivity index (χ2v) is 10.1. The Labute approximate surface area is 205 Å². The SMILES string of the molecule is COc1ccc(-c2nnc(SCC(=O)NCc3ccc(CN4CC(C)CC(C)C4)cc3)o2)cc1. The predicted octanol–water partition coefficient (Wildman–Crippen LogP) is 4.63. The number of carbonyl (C=O) groups is 1. The highest BCUT2D eigenvalue weighted by molar-refractivity contribution is 7.99. The van der Waals surface area contributed by atoms with Gasteiger partial charge in [0.1, 0.15) is 5.75 Å². The fourth-order valence-electron chi connectivity index (χ4n) is 4.44. The van der Waals surface area contributed by atoms with Crippen molar-refractivity contribution in [2.75, 3.05) is 26.0 Å². The summed E-state index contributed by atoms with van der Waals surface area (Å²) in [7, 11) is 1.62. The van der Waals surface area contributed by atoms with Crippen LogP contribution >= 0.6 is 11.8 Å². The average molecular weight is 481 g/mol. The smallest absolute Gasteiger partial charge is 0.277 e. The zero-order chi connectivity index (χ0) is 23.9. The second kappa shape index (κ2) is 11.5. The Morgan fingerprint density at radius 3 is 2.41 bits per heavy atom. The highest BCUT2D eigenvalue weighted by Gasteiger charge is 2.21. The molecule has 1 amide bonds. The lowest BCUT2D eigenvalue weighted by molar-refractivity contribution is -0.118. The molecule has 2 unspecified atom stereocenters. The fraction of sp³-hybridized carbons (Fsp3) is 0.423. The Morgan fingerprint density at radius 2 is 1.74 bits per heavy atom. The number of benzene rings is 2. The normalized spacial score (nSPS) is 18.6. The summed E-state index contributed by atoms with van der Waals surface area (Å²) in [5.74, 6) is 2.84. The van der Waals surface area contributed by atoms with Crippen molar-refractivity contribution in [1.82, 2.24) is 20.4 Å². The van der Waals surface area contributed by atoms with Crippen molar-refractivity contribution in [3.63, 3.8) is 0 Å². The van der Waals surface area contributed by atoms with Crippen LogP contribution in [-0.2, 0) is 17.9 Å². The minimum absolute atomic E-state index is 0.0745. The number of rotatable bonds is 9. The lowest BCUT2D eigenvalue weighted by Crippen LogP contribution is -2.38. The van der Waals surface area contributed by atoms with E-state index < -0.39 is 0 Å². The first-order chi connectivity index (χ1) is 16.5. The average Bonchev–Trinajstić information content (AvgIpc) is 3.31. The Bertz CT molecular complexity index is 1060. The van der Waals surface area contributed by atoms with E-state index in [1.807, 2.05) is 24.3 Å². The maximum atomic E-state index is 12.3. The molecule has 1 aromatic heterocycles. The van der Waals surface area contributed by atoms with Crippen LogP contribution in [0.15, 0.2) is 58.2 Å². The molecule has 0 spiro atoms. The molecule has 3 aromatic rings. The molecule has 1 N–H and O–H groups in total. The van der Waals surface area contributed by atoms with Gasteiger partial charge in [-0.1, -0.05) is 49.9 Å². The predicted molar refractivity (Wildman–Crippen MR) is 134 cm³/mol. The lowest BCUT2D eigenvalue weighted by Gasteiger charge is -2.35. The van der Waals surface area contributed by atoms with E-state index in [0.717, 1.165) is 35.3 Å². The molecule has 2 atom stereocenters. The topological polar surface area (TPSA) is 80.5 Å². The number of hydrogen-bond acceptors (Lipinski definition) is 7. The van der Waals surface area contributed by atoms with E-state index in [0.29, 0.717) is 17.7 Å². The van der Waals surface area contributed by atoms with E-state index >= 15 is 0 Å². The number of aromatic nitrogens is 2. The van der Waals surface area contributed by atoms with Crippen molar-refractivity contribution in [1.29, 1.82) is 0 Å². The summed E-state index contributed by atoms with van der Waals surface area (Å²) >= 11 is 1.23. The quantitative estimate of drug-likeness (QED) is 0.447. The van der Waals surface area contributed by atoms with Gasteiger partial charge in [0.15, 0.2) is 0 Å². The van der Waals surface area contributed by atoms with Gasteiger partial charge in [0.05, 0.1) is 12.9 Å². The number of amides is 1. The molecule has 0 bridgehead atoms. The molecule has 180 valence electrons. The molecule has 8 heteroatoms. The van der Waals surface area contributed by atoms with Crippen LogP contribution < -0.4 is 10.1 Å². The summed E-state index contributed by atoms with van der Waals surface area (Å²) in [5.41, 5.74) is 3.20. The summed E-state index contributed by atoms with van der Waals surface area (Å²) in [6.07, 6.45) is 1.32. The zero-order valence-electron chi connectivity index (χ0n) is 20.0. The van der Waals surface area contributed by atoms with Gasteiger partial charge < -0.3 is 14.5 Å². The Balaban J connectivity index is 1.20. The third-order valence-corrected chi connectivity index (χ3v) is 6.75. The van der Waals surface area contributed by atoms with Crippen LogP contribution in [-0.4, -0.2) is 47.0 Å². The summed E-state index contributed by atoms with van der Waals surface area (Å²) < 4.78 is 10.8. The molecule has 1 saturated heterocycles. The van der Waals surface area contributed by atoms with Crippen molar-refractivity contribution < 1.29 is 13.9 Å². The summed E-state index contributed by atoms with van der Waals surface area (Å²) in [6.45, 7) is 8.50. The van der Waals surface area contributed by atoms with Gasteiger partial charge in [-0.05, 0) is 53.6 Å². The highest BCUT2D eigenvalue weighted by Crippen LogP contribution is 2.25. The second-order valence-electron chi connectivity index (χ2n) is 9.12. The number of thioether (sulfide) groups is 1. The van der Waals surface area contributed by atoms with Gasteiger partial charge in [0, 0.05) is 31.7 Å². The molecule has 0 radical (unpaired) electrons. The summed E-state index contributed by atoms with van der Waals surface area (Å²) in [6, 6.07) is 15.9. The molecule has 0 saturated carbocycles. The molecular weight excluding hydrogens is 448 g/mol. The van der Waals surface area contributed by atoms with E-state index in [1.165, 1.54) is 36.8 Å². The van der Waals surface area contributed by atoms with E-state index in [4.69, 9.17) is 9.15 Å². The van der Waals surface area contributed by atoms with Crippen LogP contribution in [0.2, 0.25) is 0 Å². The van der Waals surface area contributed by atoms with Crippen LogP contribution in [0.3, 0.4) is 0 Å². The minimum atomic E-state index is -0.0745. The number of hydrogen-bond donors (Lipinski definition) is 1. The number of likely N-dealkylation sites (tertiary alicyclic amines) is 1. The van der Waals surface area contributed by atoms with Gasteiger partial charge in [-0.2, -0.15) is 0 Å². The van der Waals surface area contributed by atoms with Crippen LogP contribution in [0.5, 0.6) is 5.75 Å². The van der Waals surface area contributed by atoms with Crippen LogP contribution in [0.4, 0.5) is 0 Å². The molecule has 1 fully saturated rings. The molecule has 0 aliphatic carbocycles. The third kappa shape index (κ3) is 6.84. The van der Waals surface area contributed by atoms with E-state index in [9.17, 15) is 4.79 Å². The summed E-state index contributed by atoms with van der Waals surface area (Å²) in [5, 5.41) is 11.4. The number of ether oxygens (including phenoxy) is 1. The summed E-state index contributed by atoms with van der Waals surface area (Å²) in [4.78, 5) is 14.8. The maximum Gasteiger partial charge on any atom is 0.277 e. The minimum Gasteiger partial charge on any atom is -0.497 e. The molecule has 7 nitrogen and oxygen atoms in total. The van der Waals surface area contributed by atoms with Gasteiger partial charge in [0.2, 0.25) is 11.8 Å². The Kier molecular flexibility index (Phi) is 8.24. The first-order valence-corrected chi connectivity index (χ1v) is 12.6. The van der Waals surface area contributed by atoms with Crippen molar-refractivity contribution in [3.8, 4) is 17.2 Å². The fourth-order valence-corrected chi connectivity index (χ4v) is 5.03. The standard InChI is InChI=1S/C26H32N4O3S/c1-18-12-19(2)15-30(14-18)16-21-6-4-20(5-7-21)13-27-24(31)17-34-26-29-28-25(33-26)22-8-10-23(32-3)11-9-22/h4-11,18-19H,12-17H2,1-3H3,(H,27,31). The largest absolute Gasteiger partial charge is 0.497 e. The van der Waals surface area contributed by atoms with Crippen LogP contribution in [0.1, 0.15) is 31.4 Å². The number of piperidine rings is 1. The molecule has 34 heavy (non-hydrogen) atoms. The lowest BCUT2D eigenvalue weighted by atomic mass is 9.91. The van der Waals surface area contributed by atoms with E-state index in [-0.39, 0.29) is 11.7 Å². The molecule has 2 heterocycles. The molecular formula is C26H32N4O3S. The van der Waals surface area contributed by atoms with E-state index in [1.54, 1.807) is 7.11 Å².